The van der Waals surface area contributed by atoms with Gasteiger partial charge < -0.3 is 14.8 Å². The van der Waals surface area contributed by atoms with Crippen molar-refractivity contribution in [3.05, 3.63) is 11.6 Å². The van der Waals surface area contributed by atoms with Gasteiger partial charge in [0.2, 0.25) is 5.60 Å². The first-order valence-corrected chi connectivity index (χ1v) is 5.77. The Bertz CT molecular complexity index is 540. The summed E-state index contributed by atoms with van der Waals surface area (Å²) >= 11 is 0. The summed E-state index contributed by atoms with van der Waals surface area (Å²) in [7, 11) is 0. The summed E-state index contributed by atoms with van der Waals surface area (Å²) in [6, 6.07) is -0.603. The molecule has 0 radical (unpaired) electrons. The molecule has 1 aliphatic heterocycles. The van der Waals surface area contributed by atoms with Gasteiger partial charge in [0.15, 0.2) is 11.6 Å². The maximum atomic E-state index is 12.9. The van der Waals surface area contributed by atoms with Gasteiger partial charge in [-0.15, -0.1) is 10.2 Å². The molecule has 0 saturated heterocycles. The van der Waals surface area contributed by atoms with Crippen LogP contribution < -0.4 is 0 Å². The van der Waals surface area contributed by atoms with Crippen LogP contribution in [0.3, 0.4) is 0 Å². The van der Waals surface area contributed by atoms with Gasteiger partial charge >= 0.3 is 12.3 Å². The Hall–Kier alpha value is -1.84. The number of aromatic nitrogens is 3. The molecule has 1 aromatic heterocycles. The third kappa shape index (κ3) is 2.09. The molecule has 10 heteroatoms. The molecule has 7 nitrogen and oxygen atoms in total. The molecular formula is C10H13F3N4O3. The van der Waals surface area contributed by atoms with E-state index in [1.165, 1.54) is 6.92 Å². The average molecular weight is 294 g/mol. The van der Waals surface area contributed by atoms with Crippen LogP contribution in [0.15, 0.2) is 0 Å². The minimum Gasteiger partial charge on any atom is -0.465 e. The molecule has 2 unspecified atom stereocenters. The van der Waals surface area contributed by atoms with Gasteiger partial charge in [-0.2, -0.15) is 13.2 Å². The fraction of sp³-hybridized carbons (Fsp3) is 0.700. The van der Waals surface area contributed by atoms with Crippen molar-refractivity contribution >= 4 is 6.09 Å². The number of nitrogens with zero attached hydrogens (tertiary/aromatic N) is 4. The van der Waals surface area contributed by atoms with Gasteiger partial charge in [-0.1, -0.05) is 0 Å². The second kappa shape index (κ2) is 4.33. The minimum absolute atomic E-state index is 0.00130. The Balaban J connectivity index is 2.46. The second-order valence-electron chi connectivity index (χ2n) is 4.89. The van der Waals surface area contributed by atoms with Crippen LogP contribution in [0.1, 0.15) is 31.5 Å². The van der Waals surface area contributed by atoms with Crippen LogP contribution in [0.25, 0.3) is 0 Å². The van der Waals surface area contributed by atoms with Crippen LogP contribution in [-0.4, -0.2) is 48.7 Å². The fourth-order valence-corrected chi connectivity index (χ4v) is 2.13. The summed E-state index contributed by atoms with van der Waals surface area (Å²) in [6.07, 6.45) is -6.09. The van der Waals surface area contributed by atoms with E-state index in [4.69, 9.17) is 5.11 Å². The first kappa shape index (κ1) is 14.6. The molecule has 20 heavy (non-hydrogen) atoms. The molecule has 0 aromatic carbocycles. The highest BCUT2D eigenvalue weighted by molar-refractivity contribution is 5.65. The second-order valence-corrected chi connectivity index (χ2v) is 4.89. The largest absolute Gasteiger partial charge is 0.465 e. The van der Waals surface area contributed by atoms with Crippen molar-refractivity contribution in [2.75, 3.05) is 6.54 Å². The smallest absolute Gasteiger partial charge is 0.424 e. The van der Waals surface area contributed by atoms with Gasteiger partial charge in [0, 0.05) is 6.54 Å². The van der Waals surface area contributed by atoms with Crippen LogP contribution in [0, 0.1) is 0 Å². The third-order valence-corrected chi connectivity index (χ3v) is 3.28. The molecule has 1 amide bonds. The zero-order chi connectivity index (χ0) is 15.3. The number of hydrogen-bond donors (Lipinski definition) is 2. The molecule has 0 saturated carbocycles. The van der Waals surface area contributed by atoms with E-state index >= 15 is 0 Å². The lowest BCUT2D eigenvalue weighted by Gasteiger charge is -2.33. The Morgan fingerprint density at radius 3 is 2.50 bits per heavy atom. The molecule has 0 aliphatic carbocycles. The normalized spacial score (nSPS) is 22.3. The summed E-state index contributed by atoms with van der Waals surface area (Å²) in [5, 5.41) is 25.6. The highest BCUT2D eigenvalue weighted by atomic mass is 19.4. The van der Waals surface area contributed by atoms with Gasteiger partial charge in [-0.25, -0.2) is 4.79 Å². The van der Waals surface area contributed by atoms with Crippen LogP contribution in [0.4, 0.5) is 18.0 Å². The molecule has 1 aliphatic rings. The van der Waals surface area contributed by atoms with E-state index in [1.54, 1.807) is 0 Å². The van der Waals surface area contributed by atoms with Crippen LogP contribution in [0.2, 0.25) is 0 Å². The highest BCUT2D eigenvalue weighted by Crippen LogP contribution is 2.39. The zero-order valence-corrected chi connectivity index (χ0v) is 10.7. The number of hydrogen-bond acceptors (Lipinski definition) is 4. The molecule has 2 atom stereocenters. The predicted molar refractivity (Wildman–Crippen MR) is 58.8 cm³/mol. The van der Waals surface area contributed by atoms with E-state index in [1.807, 2.05) is 0 Å². The summed E-state index contributed by atoms with van der Waals surface area (Å²) in [5.41, 5.74) is -3.14. The van der Waals surface area contributed by atoms with Gasteiger partial charge in [0.05, 0.1) is 12.6 Å². The Labute approximate surface area is 111 Å². The SMILES string of the molecule is CC1CN(C(=O)O)Cc2nnc(C(C)(O)C(F)(F)F)n21. The predicted octanol–water partition coefficient (Wildman–Crippen LogP) is 1.10. The van der Waals surface area contributed by atoms with Crippen molar-refractivity contribution < 1.29 is 28.2 Å². The van der Waals surface area contributed by atoms with E-state index in [0.717, 1.165) is 9.47 Å². The van der Waals surface area contributed by atoms with E-state index in [9.17, 15) is 23.1 Å². The molecule has 112 valence electrons. The Morgan fingerprint density at radius 1 is 1.40 bits per heavy atom. The summed E-state index contributed by atoms with van der Waals surface area (Å²) in [6.45, 7) is 1.97. The molecule has 2 rings (SSSR count). The summed E-state index contributed by atoms with van der Waals surface area (Å²) in [5.74, 6) is -0.553. The number of carbonyl (C=O) groups is 1. The number of fused-ring (bicyclic) bond motifs is 1. The minimum atomic E-state index is -4.90. The van der Waals surface area contributed by atoms with Gasteiger partial charge in [-0.05, 0) is 13.8 Å². The number of alkyl halides is 3. The Morgan fingerprint density at radius 2 is 2.00 bits per heavy atom. The molecular weight excluding hydrogens is 281 g/mol. The van der Waals surface area contributed by atoms with Crippen molar-refractivity contribution in [2.24, 2.45) is 0 Å². The standard InChI is InChI=1S/C10H13F3N4O3/c1-5-3-16(8(18)19)4-6-14-15-7(17(5)6)9(2,20)10(11,12)13/h5,20H,3-4H2,1-2H3,(H,18,19). The maximum absolute atomic E-state index is 12.9. The Kier molecular flexibility index (Phi) is 3.16. The average Bonchev–Trinajstić information content (AvgIpc) is 2.71. The number of amides is 1. The van der Waals surface area contributed by atoms with E-state index in [2.05, 4.69) is 10.2 Å². The maximum Gasteiger partial charge on any atom is 0.424 e. The fourth-order valence-electron chi connectivity index (χ4n) is 2.13. The van der Waals surface area contributed by atoms with Gasteiger partial charge in [-0.3, -0.25) is 4.90 Å². The first-order valence-electron chi connectivity index (χ1n) is 5.77. The summed E-state index contributed by atoms with van der Waals surface area (Å²) in [4.78, 5) is 11.9. The monoisotopic (exact) mass is 294 g/mol. The number of halogens is 3. The van der Waals surface area contributed by atoms with Gasteiger partial charge in [0.1, 0.15) is 0 Å². The number of carboxylic acid groups (broad SMARTS) is 1. The lowest BCUT2D eigenvalue weighted by Crippen LogP contribution is -2.45. The molecule has 1 aromatic rings. The van der Waals surface area contributed by atoms with Crippen molar-refractivity contribution in [2.45, 2.75) is 38.2 Å². The lowest BCUT2D eigenvalue weighted by molar-refractivity contribution is -0.263. The van der Waals surface area contributed by atoms with Crippen molar-refractivity contribution in [3.8, 4) is 0 Å². The molecule has 2 heterocycles. The van der Waals surface area contributed by atoms with Crippen molar-refractivity contribution in [3.63, 3.8) is 0 Å². The highest BCUT2D eigenvalue weighted by Gasteiger charge is 2.55. The van der Waals surface area contributed by atoms with Crippen LogP contribution >= 0.6 is 0 Å². The molecule has 0 fully saturated rings. The quantitative estimate of drug-likeness (QED) is 0.809. The van der Waals surface area contributed by atoms with E-state index in [-0.39, 0.29) is 18.9 Å². The molecule has 0 bridgehead atoms. The van der Waals surface area contributed by atoms with Crippen molar-refractivity contribution in [1.82, 2.24) is 19.7 Å². The molecule has 2 N–H and O–H groups in total. The van der Waals surface area contributed by atoms with E-state index < -0.39 is 29.7 Å². The first-order chi connectivity index (χ1) is 9.05. The lowest BCUT2D eigenvalue weighted by atomic mass is 10.0. The van der Waals surface area contributed by atoms with Gasteiger partial charge in [0.25, 0.3) is 0 Å². The third-order valence-electron chi connectivity index (χ3n) is 3.28. The zero-order valence-electron chi connectivity index (χ0n) is 10.7. The van der Waals surface area contributed by atoms with E-state index in [0.29, 0.717) is 6.92 Å². The van der Waals surface area contributed by atoms with Crippen molar-refractivity contribution in [1.29, 1.82) is 0 Å². The van der Waals surface area contributed by atoms with Crippen LogP contribution in [-0.2, 0) is 12.1 Å². The number of aliphatic hydroxyl groups is 1. The summed E-state index contributed by atoms with van der Waals surface area (Å²) < 4.78 is 39.7. The topological polar surface area (TPSA) is 91.5 Å². The number of rotatable bonds is 1. The van der Waals surface area contributed by atoms with Crippen LogP contribution in [0.5, 0.6) is 0 Å². The molecule has 0 spiro atoms.